The first kappa shape index (κ1) is 14.9. The molecule has 0 spiro atoms. The fourth-order valence-corrected chi connectivity index (χ4v) is 3.21. The van der Waals surface area contributed by atoms with Crippen LogP contribution < -0.4 is 4.74 Å². The molecule has 3 heteroatoms. The van der Waals surface area contributed by atoms with Crippen molar-refractivity contribution in [3.8, 4) is 17.0 Å². The third-order valence-electron chi connectivity index (χ3n) is 4.48. The van der Waals surface area contributed by atoms with Crippen LogP contribution in [0.5, 0.6) is 5.88 Å². The highest BCUT2D eigenvalue weighted by Gasteiger charge is 2.19. The number of aromatic nitrogens is 2. The lowest BCUT2D eigenvalue weighted by Crippen LogP contribution is -2.02. The molecule has 2 aromatic heterocycles. The zero-order valence-electron chi connectivity index (χ0n) is 13.8. The van der Waals surface area contributed by atoms with Gasteiger partial charge in [0.05, 0.1) is 5.69 Å². The third kappa shape index (κ3) is 3.02. The van der Waals surface area contributed by atoms with E-state index in [-0.39, 0.29) is 0 Å². The van der Waals surface area contributed by atoms with Crippen molar-refractivity contribution in [2.45, 2.75) is 32.8 Å². The van der Waals surface area contributed by atoms with Gasteiger partial charge in [-0.25, -0.2) is 4.98 Å². The second-order valence-electron chi connectivity index (χ2n) is 6.26. The molecule has 0 bridgehead atoms. The molecule has 4 rings (SSSR count). The Hall–Kier alpha value is -2.68. The molecule has 3 nitrogen and oxygen atoms in total. The van der Waals surface area contributed by atoms with Gasteiger partial charge in [-0.05, 0) is 55.0 Å². The Morgan fingerprint density at radius 2 is 1.92 bits per heavy atom. The smallest absolute Gasteiger partial charge is 0.214 e. The third-order valence-corrected chi connectivity index (χ3v) is 4.48. The highest BCUT2D eigenvalue weighted by atomic mass is 16.5. The highest BCUT2D eigenvalue weighted by Crippen LogP contribution is 2.34. The monoisotopic (exact) mass is 316 g/mol. The van der Waals surface area contributed by atoms with E-state index in [1.165, 1.54) is 34.4 Å². The van der Waals surface area contributed by atoms with Crippen LogP contribution in [0, 0.1) is 6.92 Å². The molecule has 0 radical (unpaired) electrons. The second-order valence-corrected chi connectivity index (χ2v) is 6.26. The van der Waals surface area contributed by atoms with E-state index >= 15 is 0 Å². The molecule has 0 saturated heterocycles. The fourth-order valence-electron chi connectivity index (χ4n) is 3.21. The maximum Gasteiger partial charge on any atom is 0.214 e. The van der Waals surface area contributed by atoms with Crippen molar-refractivity contribution in [2.24, 2.45) is 0 Å². The van der Waals surface area contributed by atoms with E-state index in [1.54, 1.807) is 6.20 Å². The lowest BCUT2D eigenvalue weighted by molar-refractivity contribution is 0.288. The number of rotatable bonds is 4. The van der Waals surface area contributed by atoms with Gasteiger partial charge >= 0.3 is 0 Å². The Morgan fingerprint density at radius 1 is 1.04 bits per heavy atom. The maximum atomic E-state index is 5.93. The summed E-state index contributed by atoms with van der Waals surface area (Å²) in [6.45, 7) is 2.56. The van der Waals surface area contributed by atoms with Crippen molar-refractivity contribution in [3.63, 3.8) is 0 Å². The first-order valence-electron chi connectivity index (χ1n) is 8.42. The predicted octanol–water partition coefficient (Wildman–Crippen LogP) is 4.52. The van der Waals surface area contributed by atoms with E-state index in [0.29, 0.717) is 12.5 Å². The van der Waals surface area contributed by atoms with Gasteiger partial charge in [-0.15, -0.1) is 0 Å². The van der Waals surface area contributed by atoms with Gasteiger partial charge in [0, 0.05) is 18.0 Å². The molecule has 120 valence electrons. The zero-order chi connectivity index (χ0) is 16.4. The molecule has 0 N–H and O–H groups in total. The highest BCUT2D eigenvalue weighted by molar-refractivity contribution is 5.70. The van der Waals surface area contributed by atoms with E-state index in [2.05, 4.69) is 42.2 Å². The molecule has 0 atom stereocenters. The Morgan fingerprint density at radius 3 is 2.71 bits per heavy atom. The number of aryl methyl sites for hydroxylation is 2. The summed E-state index contributed by atoms with van der Waals surface area (Å²) in [4.78, 5) is 9.03. The summed E-state index contributed by atoms with van der Waals surface area (Å²) in [6.07, 6.45) is 5.10. The molecule has 1 aliphatic carbocycles. The second kappa shape index (κ2) is 6.44. The van der Waals surface area contributed by atoms with Crippen LogP contribution in [0.4, 0.5) is 0 Å². The van der Waals surface area contributed by atoms with Crippen molar-refractivity contribution in [1.29, 1.82) is 0 Å². The summed E-state index contributed by atoms with van der Waals surface area (Å²) < 4.78 is 5.93. The van der Waals surface area contributed by atoms with Crippen LogP contribution >= 0.6 is 0 Å². The van der Waals surface area contributed by atoms with E-state index < -0.39 is 0 Å². The molecule has 3 aromatic rings. The van der Waals surface area contributed by atoms with Crippen LogP contribution in [0.15, 0.2) is 54.7 Å². The van der Waals surface area contributed by atoms with Crippen LogP contribution in [0.1, 0.15) is 28.9 Å². The average Bonchev–Trinajstić information content (AvgIpc) is 3.09. The fraction of sp³-hybridized carbons (Fsp3) is 0.238. The summed E-state index contributed by atoms with van der Waals surface area (Å²) in [5.41, 5.74) is 7.25. The minimum absolute atomic E-state index is 0.444. The predicted molar refractivity (Wildman–Crippen MR) is 95.0 cm³/mol. The minimum Gasteiger partial charge on any atom is -0.471 e. The van der Waals surface area contributed by atoms with Gasteiger partial charge in [0.2, 0.25) is 5.88 Å². The molecular weight excluding hydrogens is 296 g/mol. The number of hydrogen-bond donors (Lipinski definition) is 0. The van der Waals surface area contributed by atoms with E-state index in [1.807, 2.05) is 18.2 Å². The molecular formula is C21H20N2O. The summed E-state index contributed by atoms with van der Waals surface area (Å²) in [5, 5.41) is 0. The topological polar surface area (TPSA) is 35.0 Å². The largest absolute Gasteiger partial charge is 0.471 e. The number of hydrogen-bond acceptors (Lipinski definition) is 3. The van der Waals surface area contributed by atoms with Gasteiger partial charge in [0.15, 0.2) is 0 Å². The van der Waals surface area contributed by atoms with Crippen molar-refractivity contribution in [2.75, 3.05) is 0 Å². The summed E-state index contributed by atoms with van der Waals surface area (Å²) in [7, 11) is 0. The molecule has 0 saturated carbocycles. The SMILES string of the molecule is Cc1ccc(-c2cc(OCc3ccccn3)nc3c2CCC3)cc1. The number of fused-ring (bicyclic) bond motifs is 1. The van der Waals surface area contributed by atoms with Crippen molar-refractivity contribution in [1.82, 2.24) is 9.97 Å². The molecule has 0 aliphatic heterocycles. The lowest BCUT2D eigenvalue weighted by atomic mass is 9.99. The molecule has 1 aliphatic rings. The molecule has 2 heterocycles. The van der Waals surface area contributed by atoms with Crippen molar-refractivity contribution >= 4 is 0 Å². The minimum atomic E-state index is 0.444. The van der Waals surface area contributed by atoms with Crippen molar-refractivity contribution in [3.05, 3.63) is 77.2 Å². The first-order valence-corrected chi connectivity index (χ1v) is 8.42. The summed E-state index contributed by atoms with van der Waals surface area (Å²) in [5.74, 6) is 0.692. The van der Waals surface area contributed by atoms with Gasteiger partial charge in [0.25, 0.3) is 0 Å². The van der Waals surface area contributed by atoms with Gasteiger partial charge in [-0.3, -0.25) is 4.98 Å². The average molecular weight is 316 g/mol. The number of ether oxygens (including phenoxy) is 1. The Balaban J connectivity index is 1.66. The maximum absolute atomic E-state index is 5.93. The first-order chi connectivity index (χ1) is 11.8. The Kier molecular flexibility index (Phi) is 3.99. The van der Waals surface area contributed by atoms with Gasteiger partial charge in [-0.1, -0.05) is 35.9 Å². The summed E-state index contributed by atoms with van der Waals surface area (Å²) >= 11 is 0. The van der Waals surface area contributed by atoms with E-state index in [0.717, 1.165) is 18.5 Å². The van der Waals surface area contributed by atoms with Crippen LogP contribution in [0.25, 0.3) is 11.1 Å². The standard InChI is InChI=1S/C21H20N2O/c1-15-8-10-16(11-9-15)19-13-21(23-20-7-4-6-18(19)20)24-14-17-5-2-3-12-22-17/h2-3,5,8-13H,4,6-7,14H2,1H3. The number of pyridine rings is 2. The molecule has 0 amide bonds. The summed E-state index contributed by atoms with van der Waals surface area (Å²) in [6, 6.07) is 16.6. The van der Waals surface area contributed by atoms with Crippen LogP contribution in [0.3, 0.4) is 0 Å². The van der Waals surface area contributed by atoms with Gasteiger partial charge < -0.3 is 4.74 Å². The molecule has 0 unspecified atom stereocenters. The zero-order valence-corrected chi connectivity index (χ0v) is 13.8. The van der Waals surface area contributed by atoms with Crippen molar-refractivity contribution < 1.29 is 4.74 Å². The normalized spacial score (nSPS) is 12.9. The molecule has 24 heavy (non-hydrogen) atoms. The van der Waals surface area contributed by atoms with Crippen LogP contribution in [-0.4, -0.2) is 9.97 Å². The number of benzene rings is 1. The van der Waals surface area contributed by atoms with Gasteiger partial charge in [-0.2, -0.15) is 0 Å². The lowest BCUT2D eigenvalue weighted by Gasteiger charge is -2.12. The molecule has 0 fully saturated rings. The van der Waals surface area contributed by atoms with Crippen LogP contribution in [0.2, 0.25) is 0 Å². The molecule has 1 aromatic carbocycles. The number of nitrogens with zero attached hydrogens (tertiary/aromatic N) is 2. The Labute approximate surface area is 142 Å². The van der Waals surface area contributed by atoms with Crippen LogP contribution in [-0.2, 0) is 19.4 Å². The quantitative estimate of drug-likeness (QED) is 0.710. The van der Waals surface area contributed by atoms with E-state index in [9.17, 15) is 0 Å². The van der Waals surface area contributed by atoms with Gasteiger partial charge in [0.1, 0.15) is 6.61 Å². The van der Waals surface area contributed by atoms with E-state index in [4.69, 9.17) is 9.72 Å². The Bertz CT molecular complexity index is 842.